The molecular weight excluding hydrogens is 189 g/mol. The first-order chi connectivity index (χ1) is 2.77. The van der Waals surface area contributed by atoms with Crippen LogP contribution in [0.2, 0.25) is 0 Å². The molecule has 1 saturated carbocycles. The van der Waals surface area contributed by atoms with Crippen LogP contribution in [0.4, 0.5) is 0 Å². The zero-order valence-corrected chi connectivity index (χ0v) is 5.73. The molecule has 0 heterocycles. The average molecular weight is 197 g/mol. The fourth-order valence-corrected chi connectivity index (χ4v) is 1.06. The molecule has 1 nitrogen and oxygen atoms in total. The lowest BCUT2D eigenvalue weighted by Crippen LogP contribution is -2.22. The minimum absolute atomic E-state index is 0.278. The smallest absolute Gasteiger partial charge is 0.0246 e. The Morgan fingerprint density at radius 1 is 1.67 bits per heavy atom. The van der Waals surface area contributed by atoms with E-state index in [0.29, 0.717) is 0 Å². The second-order valence-electron chi connectivity index (χ2n) is 2.00. The summed E-state index contributed by atoms with van der Waals surface area (Å²) >= 11 is 2.33. The minimum atomic E-state index is 0.278. The molecule has 0 atom stereocenters. The molecule has 6 heavy (non-hydrogen) atoms. The van der Waals surface area contributed by atoms with E-state index in [1.165, 1.54) is 12.8 Å². The first kappa shape index (κ1) is 4.84. The number of halogens is 1. The largest absolute Gasteiger partial charge is 0.324 e. The topological polar surface area (TPSA) is 26.0 Å². The lowest BCUT2D eigenvalue weighted by atomic mass is 10.4. The third kappa shape index (κ3) is 0.846. The first-order valence-electron chi connectivity index (χ1n) is 2.12. The molecule has 36 valence electrons. The summed E-state index contributed by atoms with van der Waals surface area (Å²) in [7, 11) is 0. The van der Waals surface area contributed by atoms with Gasteiger partial charge in [-0.15, -0.1) is 0 Å². The zero-order valence-electron chi connectivity index (χ0n) is 3.58. The summed E-state index contributed by atoms with van der Waals surface area (Å²) in [6.07, 6.45) is 2.49. The van der Waals surface area contributed by atoms with Crippen LogP contribution in [0.5, 0.6) is 0 Å². The fraction of sp³-hybridized carbons (Fsp3) is 1.00. The molecule has 1 aliphatic rings. The Morgan fingerprint density at radius 3 is 2.17 bits per heavy atom. The lowest BCUT2D eigenvalue weighted by Gasteiger charge is -1.96. The van der Waals surface area contributed by atoms with Crippen molar-refractivity contribution in [1.29, 1.82) is 0 Å². The fourth-order valence-electron chi connectivity index (χ4n) is 0.294. The van der Waals surface area contributed by atoms with Gasteiger partial charge in [0.25, 0.3) is 0 Å². The van der Waals surface area contributed by atoms with Gasteiger partial charge < -0.3 is 5.73 Å². The van der Waals surface area contributed by atoms with Crippen molar-refractivity contribution < 1.29 is 0 Å². The van der Waals surface area contributed by atoms with Crippen LogP contribution >= 0.6 is 22.6 Å². The van der Waals surface area contributed by atoms with Crippen molar-refractivity contribution in [3.05, 3.63) is 0 Å². The Hall–Kier alpha value is 0.690. The highest BCUT2D eigenvalue weighted by molar-refractivity contribution is 14.1. The van der Waals surface area contributed by atoms with Crippen molar-refractivity contribution in [2.45, 2.75) is 18.4 Å². The van der Waals surface area contributed by atoms with Crippen molar-refractivity contribution in [1.82, 2.24) is 0 Å². The van der Waals surface area contributed by atoms with Crippen LogP contribution in [-0.2, 0) is 0 Å². The maximum atomic E-state index is 5.64. The maximum absolute atomic E-state index is 5.64. The van der Waals surface area contributed by atoms with Crippen molar-refractivity contribution >= 4 is 22.6 Å². The molecule has 0 unspecified atom stereocenters. The second kappa shape index (κ2) is 1.33. The summed E-state index contributed by atoms with van der Waals surface area (Å²) < 4.78 is 1.13. The third-order valence-electron chi connectivity index (χ3n) is 1.16. The number of hydrogen-bond acceptors (Lipinski definition) is 1. The molecule has 0 aromatic rings. The van der Waals surface area contributed by atoms with E-state index in [1.54, 1.807) is 0 Å². The molecule has 2 heteroatoms. The van der Waals surface area contributed by atoms with Crippen LogP contribution in [0, 0.1) is 0 Å². The van der Waals surface area contributed by atoms with Crippen LogP contribution in [0.15, 0.2) is 0 Å². The zero-order chi connectivity index (χ0) is 4.62. The predicted octanol–water partition coefficient (Wildman–Crippen LogP) is 0.913. The molecule has 1 fully saturated rings. The van der Waals surface area contributed by atoms with Gasteiger partial charge >= 0.3 is 0 Å². The Morgan fingerprint density at radius 2 is 2.17 bits per heavy atom. The van der Waals surface area contributed by atoms with Crippen LogP contribution < -0.4 is 5.73 Å². The maximum Gasteiger partial charge on any atom is 0.0246 e. The quantitative estimate of drug-likeness (QED) is 0.490. The third-order valence-corrected chi connectivity index (χ3v) is 2.68. The number of hydrogen-bond donors (Lipinski definition) is 1. The van der Waals surface area contributed by atoms with E-state index in [0.717, 1.165) is 4.43 Å². The van der Waals surface area contributed by atoms with E-state index >= 15 is 0 Å². The van der Waals surface area contributed by atoms with Gasteiger partial charge in [0.2, 0.25) is 0 Å². The molecule has 0 aromatic heterocycles. The lowest BCUT2D eigenvalue weighted by molar-refractivity contribution is 0.789. The van der Waals surface area contributed by atoms with Gasteiger partial charge in [-0.2, -0.15) is 0 Å². The van der Waals surface area contributed by atoms with Gasteiger partial charge in [0.05, 0.1) is 0 Å². The number of alkyl halides is 1. The van der Waals surface area contributed by atoms with Crippen LogP contribution in [0.25, 0.3) is 0 Å². The summed E-state index contributed by atoms with van der Waals surface area (Å²) in [4.78, 5) is 0. The Labute approximate surface area is 51.4 Å². The van der Waals surface area contributed by atoms with Gasteiger partial charge in [-0.25, -0.2) is 0 Å². The normalized spacial score (nSPS) is 27.0. The van der Waals surface area contributed by atoms with E-state index in [4.69, 9.17) is 5.73 Å². The molecular formula is C4H8IN. The van der Waals surface area contributed by atoms with Gasteiger partial charge in [-0.05, 0) is 12.8 Å². The Balaban J connectivity index is 2.28. The van der Waals surface area contributed by atoms with Gasteiger partial charge in [-0.1, -0.05) is 22.6 Å². The summed E-state index contributed by atoms with van der Waals surface area (Å²) in [5, 5.41) is 0. The minimum Gasteiger partial charge on any atom is -0.324 e. The SMILES string of the molecule is NC1(CI)CC1. The van der Waals surface area contributed by atoms with E-state index in [-0.39, 0.29) is 5.54 Å². The molecule has 0 amide bonds. The summed E-state index contributed by atoms with van der Waals surface area (Å²) in [5.41, 5.74) is 5.92. The van der Waals surface area contributed by atoms with Crippen molar-refractivity contribution in [3.63, 3.8) is 0 Å². The van der Waals surface area contributed by atoms with E-state index < -0.39 is 0 Å². The van der Waals surface area contributed by atoms with Gasteiger partial charge in [0.15, 0.2) is 0 Å². The van der Waals surface area contributed by atoms with Crippen LogP contribution in [0.3, 0.4) is 0 Å². The second-order valence-corrected chi connectivity index (χ2v) is 2.76. The molecule has 1 rings (SSSR count). The van der Waals surface area contributed by atoms with Crippen molar-refractivity contribution in [3.8, 4) is 0 Å². The van der Waals surface area contributed by atoms with Crippen LogP contribution in [0.1, 0.15) is 12.8 Å². The molecule has 0 aromatic carbocycles. The Bertz CT molecular complexity index is 58.6. The Kier molecular flexibility index (Phi) is 1.08. The monoisotopic (exact) mass is 197 g/mol. The van der Waals surface area contributed by atoms with E-state index in [1.807, 2.05) is 0 Å². The van der Waals surface area contributed by atoms with Gasteiger partial charge in [-0.3, -0.25) is 0 Å². The van der Waals surface area contributed by atoms with Gasteiger partial charge in [0, 0.05) is 9.97 Å². The van der Waals surface area contributed by atoms with Crippen molar-refractivity contribution in [2.75, 3.05) is 4.43 Å². The van der Waals surface area contributed by atoms with E-state index in [2.05, 4.69) is 22.6 Å². The van der Waals surface area contributed by atoms with Crippen LogP contribution in [-0.4, -0.2) is 9.97 Å². The van der Waals surface area contributed by atoms with E-state index in [9.17, 15) is 0 Å². The number of rotatable bonds is 1. The first-order valence-corrected chi connectivity index (χ1v) is 3.64. The molecule has 2 N–H and O–H groups in total. The standard InChI is InChI=1S/C4H8IN/c5-3-4(6)1-2-4/h1-3,6H2. The highest BCUT2D eigenvalue weighted by Crippen LogP contribution is 2.33. The average Bonchev–Trinajstić information content (AvgIpc) is 2.22. The summed E-state index contributed by atoms with van der Waals surface area (Å²) in [5.74, 6) is 0. The molecule has 0 aliphatic heterocycles. The van der Waals surface area contributed by atoms with Gasteiger partial charge in [0.1, 0.15) is 0 Å². The molecule has 0 spiro atoms. The number of nitrogens with two attached hydrogens (primary N) is 1. The summed E-state index contributed by atoms with van der Waals surface area (Å²) in [6, 6.07) is 0. The molecule has 0 saturated heterocycles. The highest BCUT2D eigenvalue weighted by Gasteiger charge is 2.36. The predicted molar refractivity (Wildman–Crippen MR) is 35.0 cm³/mol. The highest BCUT2D eigenvalue weighted by atomic mass is 127. The molecule has 1 aliphatic carbocycles. The summed E-state index contributed by atoms with van der Waals surface area (Å²) in [6.45, 7) is 0. The van der Waals surface area contributed by atoms with Crippen molar-refractivity contribution in [2.24, 2.45) is 5.73 Å². The molecule has 0 bridgehead atoms. The molecule has 0 radical (unpaired) electrons.